The van der Waals surface area contributed by atoms with E-state index in [9.17, 15) is 5.11 Å². The number of benzene rings is 1. The third-order valence-electron chi connectivity index (χ3n) is 2.21. The van der Waals surface area contributed by atoms with E-state index in [2.05, 4.69) is 6.07 Å². The topological polar surface area (TPSA) is 46.2 Å². The molecule has 0 atom stereocenters. The van der Waals surface area contributed by atoms with Crippen LogP contribution in [-0.4, -0.2) is 10.7 Å². The van der Waals surface area contributed by atoms with Gasteiger partial charge in [0.25, 0.3) is 0 Å². The fourth-order valence-corrected chi connectivity index (χ4v) is 1.47. The second-order valence-corrected chi connectivity index (χ2v) is 4.41. The van der Waals surface area contributed by atoms with Gasteiger partial charge in [-0.3, -0.25) is 0 Å². The molecule has 3 N–H and O–H groups in total. The molecule has 2 heteroatoms. The number of hydrogen-bond acceptors (Lipinski definition) is 2. The smallest absolute Gasteiger partial charge is 0.0591 e. The number of rotatable bonds is 4. The lowest BCUT2D eigenvalue weighted by molar-refractivity contribution is 0.0689. The quantitative estimate of drug-likeness (QED) is 0.721. The second-order valence-electron chi connectivity index (χ2n) is 4.41. The zero-order valence-electron chi connectivity index (χ0n) is 8.96. The van der Waals surface area contributed by atoms with Crippen LogP contribution in [-0.2, 0) is 6.42 Å². The molecule has 0 fully saturated rings. The van der Waals surface area contributed by atoms with Crippen molar-refractivity contribution in [3.05, 3.63) is 29.8 Å². The molecule has 0 spiro atoms. The van der Waals surface area contributed by atoms with Gasteiger partial charge in [-0.25, -0.2) is 0 Å². The molecule has 0 aliphatic heterocycles. The first-order chi connectivity index (χ1) is 6.47. The van der Waals surface area contributed by atoms with Gasteiger partial charge in [-0.15, -0.1) is 0 Å². The van der Waals surface area contributed by atoms with Crippen LogP contribution in [0.5, 0.6) is 0 Å². The van der Waals surface area contributed by atoms with E-state index in [1.54, 1.807) is 0 Å². The second kappa shape index (κ2) is 4.47. The van der Waals surface area contributed by atoms with E-state index in [0.717, 1.165) is 24.9 Å². The molecule has 0 amide bonds. The van der Waals surface area contributed by atoms with Crippen molar-refractivity contribution < 1.29 is 5.11 Å². The molecule has 0 heterocycles. The minimum absolute atomic E-state index is 0.555. The van der Waals surface area contributed by atoms with Crippen LogP contribution in [0.4, 0.5) is 5.69 Å². The van der Waals surface area contributed by atoms with Crippen molar-refractivity contribution in [2.24, 2.45) is 0 Å². The molecule has 1 aromatic carbocycles. The molecule has 0 saturated carbocycles. The van der Waals surface area contributed by atoms with Gasteiger partial charge in [-0.1, -0.05) is 12.1 Å². The van der Waals surface area contributed by atoms with Crippen molar-refractivity contribution in [3.8, 4) is 0 Å². The minimum Gasteiger partial charge on any atom is -0.399 e. The summed E-state index contributed by atoms with van der Waals surface area (Å²) in [6.45, 7) is 3.68. The van der Waals surface area contributed by atoms with Crippen LogP contribution in [0.25, 0.3) is 0 Å². The van der Waals surface area contributed by atoms with Crippen molar-refractivity contribution in [1.29, 1.82) is 0 Å². The Balaban J connectivity index is 2.39. The Bertz CT molecular complexity index is 289. The average molecular weight is 193 g/mol. The van der Waals surface area contributed by atoms with Crippen molar-refractivity contribution >= 4 is 5.69 Å². The van der Waals surface area contributed by atoms with Crippen molar-refractivity contribution in [2.45, 2.75) is 38.7 Å². The van der Waals surface area contributed by atoms with Gasteiger partial charge >= 0.3 is 0 Å². The number of anilines is 1. The Morgan fingerprint density at radius 2 is 2.07 bits per heavy atom. The van der Waals surface area contributed by atoms with Crippen LogP contribution in [0.3, 0.4) is 0 Å². The maximum absolute atomic E-state index is 9.53. The Kier molecular flexibility index (Phi) is 3.53. The Morgan fingerprint density at radius 3 is 2.64 bits per heavy atom. The van der Waals surface area contributed by atoms with Gasteiger partial charge in [0.15, 0.2) is 0 Å². The lowest BCUT2D eigenvalue weighted by Gasteiger charge is -2.16. The predicted octanol–water partition coefficient (Wildman–Crippen LogP) is 2.36. The maximum atomic E-state index is 9.53. The molecular formula is C12H19NO. The summed E-state index contributed by atoms with van der Waals surface area (Å²) in [5.74, 6) is 0. The molecule has 0 aliphatic carbocycles. The molecule has 14 heavy (non-hydrogen) atoms. The van der Waals surface area contributed by atoms with E-state index in [4.69, 9.17) is 5.73 Å². The zero-order chi connectivity index (χ0) is 10.6. The van der Waals surface area contributed by atoms with Gasteiger partial charge in [0.1, 0.15) is 0 Å². The molecule has 1 aromatic rings. The Labute approximate surface area is 85.8 Å². The summed E-state index contributed by atoms with van der Waals surface area (Å²) in [4.78, 5) is 0. The highest BCUT2D eigenvalue weighted by atomic mass is 16.3. The lowest BCUT2D eigenvalue weighted by Crippen LogP contribution is -2.18. The van der Waals surface area contributed by atoms with Crippen molar-refractivity contribution in [2.75, 3.05) is 5.73 Å². The highest BCUT2D eigenvalue weighted by Crippen LogP contribution is 2.14. The van der Waals surface area contributed by atoms with E-state index in [1.165, 1.54) is 5.56 Å². The monoisotopic (exact) mass is 193 g/mol. The van der Waals surface area contributed by atoms with Crippen molar-refractivity contribution in [3.63, 3.8) is 0 Å². The fourth-order valence-electron chi connectivity index (χ4n) is 1.47. The predicted molar refractivity (Wildman–Crippen MR) is 60.1 cm³/mol. The van der Waals surface area contributed by atoms with Crippen molar-refractivity contribution in [1.82, 2.24) is 0 Å². The first-order valence-electron chi connectivity index (χ1n) is 5.04. The molecule has 78 valence electrons. The van der Waals surface area contributed by atoms with Gasteiger partial charge < -0.3 is 10.8 Å². The first-order valence-corrected chi connectivity index (χ1v) is 5.04. The summed E-state index contributed by atoms with van der Waals surface area (Å²) in [5, 5.41) is 9.53. The summed E-state index contributed by atoms with van der Waals surface area (Å²) in [7, 11) is 0. The first kappa shape index (κ1) is 11.1. The van der Waals surface area contributed by atoms with E-state index < -0.39 is 5.60 Å². The minimum atomic E-state index is -0.555. The van der Waals surface area contributed by atoms with Crippen LogP contribution in [0.15, 0.2) is 24.3 Å². The van der Waals surface area contributed by atoms with Crippen LogP contribution < -0.4 is 5.73 Å². The van der Waals surface area contributed by atoms with Gasteiger partial charge in [0, 0.05) is 5.69 Å². The van der Waals surface area contributed by atoms with E-state index in [-0.39, 0.29) is 0 Å². The van der Waals surface area contributed by atoms with Crippen LogP contribution in [0.2, 0.25) is 0 Å². The zero-order valence-corrected chi connectivity index (χ0v) is 8.96. The summed E-state index contributed by atoms with van der Waals surface area (Å²) in [6.07, 6.45) is 2.80. The molecule has 0 aliphatic rings. The summed E-state index contributed by atoms with van der Waals surface area (Å²) < 4.78 is 0. The van der Waals surface area contributed by atoms with Crippen LogP contribution >= 0.6 is 0 Å². The van der Waals surface area contributed by atoms with Gasteiger partial charge in [-0.05, 0) is 50.8 Å². The number of nitrogen functional groups attached to an aromatic ring is 1. The highest BCUT2D eigenvalue weighted by Gasteiger charge is 2.11. The van der Waals surface area contributed by atoms with Crippen LogP contribution in [0, 0.1) is 0 Å². The highest BCUT2D eigenvalue weighted by molar-refractivity contribution is 5.40. The fraction of sp³-hybridized carbons (Fsp3) is 0.500. The van der Waals surface area contributed by atoms with Gasteiger partial charge in [-0.2, -0.15) is 0 Å². The molecule has 0 bridgehead atoms. The largest absolute Gasteiger partial charge is 0.399 e. The normalized spacial score (nSPS) is 11.6. The maximum Gasteiger partial charge on any atom is 0.0591 e. The average Bonchev–Trinajstić information content (AvgIpc) is 2.01. The third kappa shape index (κ3) is 4.28. The lowest BCUT2D eigenvalue weighted by atomic mass is 9.99. The number of aliphatic hydroxyl groups is 1. The SMILES string of the molecule is CC(C)(O)CCCc1cccc(N)c1. The number of nitrogens with two attached hydrogens (primary N) is 1. The van der Waals surface area contributed by atoms with E-state index >= 15 is 0 Å². The molecule has 0 radical (unpaired) electrons. The third-order valence-corrected chi connectivity index (χ3v) is 2.21. The number of aryl methyl sites for hydroxylation is 1. The van der Waals surface area contributed by atoms with Gasteiger partial charge in [0.2, 0.25) is 0 Å². The molecular weight excluding hydrogens is 174 g/mol. The van der Waals surface area contributed by atoms with Gasteiger partial charge in [0.05, 0.1) is 5.60 Å². The molecule has 0 unspecified atom stereocenters. The summed E-state index contributed by atoms with van der Waals surface area (Å²) >= 11 is 0. The molecule has 0 aromatic heterocycles. The van der Waals surface area contributed by atoms with E-state index in [0.29, 0.717) is 0 Å². The summed E-state index contributed by atoms with van der Waals surface area (Å²) in [6, 6.07) is 7.92. The standard InChI is InChI=1S/C12H19NO/c1-12(2,14)8-4-6-10-5-3-7-11(13)9-10/h3,5,7,9,14H,4,6,8,13H2,1-2H3. The molecule has 1 rings (SSSR count). The molecule has 0 saturated heterocycles. The number of hydrogen-bond donors (Lipinski definition) is 2. The van der Waals surface area contributed by atoms with E-state index in [1.807, 2.05) is 32.0 Å². The van der Waals surface area contributed by atoms with Crippen LogP contribution in [0.1, 0.15) is 32.3 Å². The Hall–Kier alpha value is -1.02. The molecule has 2 nitrogen and oxygen atoms in total. The summed E-state index contributed by atoms with van der Waals surface area (Å²) in [5.41, 5.74) is 7.17. The Morgan fingerprint density at radius 1 is 1.36 bits per heavy atom.